The number of carbonyl (C=O) groups is 1. The van der Waals surface area contributed by atoms with E-state index in [-0.39, 0.29) is 5.41 Å². The van der Waals surface area contributed by atoms with Gasteiger partial charge in [-0.3, -0.25) is 9.78 Å². The van der Waals surface area contributed by atoms with Gasteiger partial charge in [0, 0.05) is 35.6 Å². The molecule has 0 unspecified atom stereocenters. The highest BCUT2D eigenvalue weighted by molar-refractivity contribution is 5.95. The number of aromatic nitrogens is 3. The SMILES string of the molecule is Cc1noc(C)c1-c1cnc2c(-c3ccc(C(C)(C)C(=O)O)cc3)cn(CC3(C)CCCCC3)c2c1. The largest absolute Gasteiger partial charge is 0.481 e. The third-order valence-electron chi connectivity index (χ3n) is 8.10. The smallest absolute Gasteiger partial charge is 0.313 e. The maximum absolute atomic E-state index is 11.7. The fourth-order valence-electron chi connectivity index (χ4n) is 5.70. The van der Waals surface area contributed by atoms with E-state index in [1.807, 2.05) is 44.3 Å². The Morgan fingerprint density at radius 3 is 2.42 bits per heavy atom. The molecule has 1 aliphatic carbocycles. The number of hydrogen-bond acceptors (Lipinski definition) is 4. The number of aliphatic carboxylic acids is 1. The van der Waals surface area contributed by atoms with Crippen molar-refractivity contribution >= 4 is 17.0 Å². The van der Waals surface area contributed by atoms with Gasteiger partial charge in [0.1, 0.15) is 5.76 Å². The van der Waals surface area contributed by atoms with E-state index in [9.17, 15) is 9.90 Å². The van der Waals surface area contributed by atoms with Crippen molar-refractivity contribution in [3.63, 3.8) is 0 Å². The number of nitrogens with zero attached hydrogens (tertiary/aromatic N) is 3. The van der Waals surface area contributed by atoms with Gasteiger partial charge in [0.05, 0.1) is 22.1 Å². The molecule has 6 heteroatoms. The minimum Gasteiger partial charge on any atom is -0.481 e. The first kappa shape index (κ1) is 24.3. The summed E-state index contributed by atoms with van der Waals surface area (Å²) in [6, 6.07) is 10.1. The summed E-state index contributed by atoms with van der Waals surface area (Å²) in [5.74, 6) is -0.0380. The highest BCUT2D eigenvalue weighted by Gasteiger charge is 2.30. The summed E-state index contributed by atoms with van der Waals surface area (Å²) in [5.41, 5.74) is 7.14. The minimum absolute atomic E-state index is 0.260. The van der Waals surface area contributed by atoms with Crippen LogP contribution in [-0.2, 0) is 16.8 Å². The molecule has 1 aromatic carbocycles. The predicted molar refractivity (Wildman–Crippen MR) is 142 cm³/mol. The number of carboxylic acid groups (broad SMARTS) is 1. The molecule has 0 atom stereocenters. The summed E-state index contributed by atoms with van der Waals surface area (Å²) in [7, 11) is 0. The molecule has 1 fully saturated rings. The summed E-state index contributed by atoms with van der Waals surface area (Å²) < 4.78 is 7.81. The lowest BCUT2D eigenvalue weighted by atomic mass is 9.75. The number of aryl methyl sites for hydroxylation is 2. The average Bonchev–Trinajstić information content (AvgIpc) is 3.37. The van der Waals surface area contributed by atoms with E-state index in [0.29, 0.717) is 0 Å². The van der Waals surface area contributed by atoms with Crippen LogP contribution >= 0.6 is 0 Å². The molecule has 3 heterocycles. The van der Waals surface area contributed by atoms with Gasteiger partial charge in [-0.2, -0.15) is 0 Å². The molecular weight excluding hydrogens is 450 g/mol. The molecule has 4 aromatic rings. The number of fused-ring (bicyclic) bond motifs is 1. The van der Waals surface area contributed by atoms with E-state index in [4.69, 9.17) is 9.51 Å². The van der Waals surface area contributed by atoms with E-state index in [2.05, 4.69) is 28.9 Å². The van der Waals surface area contributed by atoms with Crippen molar-refractivity contribution in [2.45, 2.75) is 78.7 Å². The average molecular weight is 486 g/mol. The number of rotatable bonds is 6. The molecule has 36 heavy (non-hydrogen) atoms. The molecule has 0 saturated heterocycles. The number of benzene rings is 1. The van der Waals surface area contributed by atoms with Crippen molar-refractivity contribution in [1.29, 1.82) is 0 Å². The van der Waals surface area contributed by atoms with E-state index in [0.717, 1.165) is 56.8 Å². The molecule has 0 radical (unpaired) electrons. The molecule has 1 saturated carbocycles. The van der Waals surface area contributed by atoms with Crippen LogP contribution in [0.2, 0.25) is 0 Å². The third-order valence-corrected chi connectivity index (χ3v) is 8.10. The van der Waals surface area contributed by atoms with Crippen LogP contribution in [-0.4, -0.2) is 25.8 Å². The van der Waals surface area contributed by atoms with Crippen molar-refractivity contribution in [2.24, 2.45) is 5.41 Å². The lowest BCUT2D eigenvalue weighted by Gasteiger charge is -2.34. The standard InChI is InChI=1S/C30H35N3O3/c1-19-26(20(2)36-32-19)22-15-25-27(31-16-22)24(17-33(25)18-30(5)13-7-6-8-14-30)21-9-11-23(12-10-21)29(3,4)28(34)35/h9-12,15-17H,6-8,13-14,18H2,1-5H3,(H,34,35). The van der Waals surface area contributed by atoms with Crippen molar-refractivity contribution < 1.29 is 14.4 Å². The van der Waals surface area contributed by atoms with Gasteiger partial charge in [0.2, 0.25) is 0 Å². The summed E-state index contributed by atoms with van der Waals surface area (Å²) in [5, 5.41) is 13.8. The van der Waals surface area contributed by atoms with Crippen LogP contribution in [0.1, 0.15) is 69.9 Å². The molecule has 5 rings (SSSR count). The fourth-order valence-corrected chi connectivity index (χ4v) is 5.70. The van der Waals surface area contributed by atoms with Crippen LogP contribution in [0.4, 0.5) is 0 Å². The van der Waals surface area contributed by atoms with Crippen LogP contribution in [0.25, 0.3) is 33.3 Å². The van der Waals surface area contributed by atoms with Gasteiger partial charge in [-0.15, -0.1) is 0 Å². The maximum Gasteiger partial charge on any atom is 0.313 e. The van der Waals surface area contributed by atoms with Gasteiger partial charge < -0.3 is 14.2 Å². The first-order valence-corrected chi connectivity index (χ1v) is 12.9. The second kappa shape index (κ2) is 8.91. The first-order valence-electron chi connectivity index (χ1n) is 12.9. The predicted octanol–water partition coefficient (Wildman–Crippen LogP) is 7.31. The van der Waals surface area contributed by atoms with Crippen molar-refractivity contribution in [3.05, 3.63) is 59.7 Å². The Kier molecular flexibility index (Phi) is 6.01. The zero-order valence-electron chi connectivity index (χ0n) is 21.9. The molecule has 188 valence electrons. The Labute approximate surface area is 212 Å². The maximum atomic E-state index is 11.7. The Hall–Kier alpha value is -3.41. The topological polar surface area (TPSA) is 81.2 Å². The second-order valence-corrected chi connectivity index (χ2v) is 11.3. The number of carboxylic acids is 1. The normalized spacial score (nSPS) is 15.9. The van der Waals surface area contributed by atoms with Crippen LogP contribution in [0.5, 0.6) is 0 Å². The van der Waals surface area contributed by atoms with Crippen LogP contribution in [0.3, 0.4) is 0 Å². The third kappa shape index (κ3) is 4.23. The molecule has 0 bridgehead atoms. The highest BCUT2D eigenvalue weighted by Crippen LogP contribution is 2.40. The van der Waals surface area contributed by atoms with Gasteiger partial charge >= 0.3 is 5.97 Å². The van der Waals surface area contributed by atoms with Crippen molar-refractivity contribution in [2.75, 3.05) is 0 Å². The summed E-state index contributed by atoms with van der Waals surface area (Å²) in [4.78, 5) is 16.7. The summed E-state index contributed by atoms with van der Waals surface area (Å²) in [6.45, 7) is 10.7. The van der Waals surface area contributed by atoms with Gasteiger partial charge in [0.15, 0.2) is 0 Å². The van der Waals surface area contributed by atoms with E-state index in [1.54, 1.807) is 13.8 Å². The monoisotopic (exact) mass is 485 g/mol. The quantitative estimate of drug-likeness (QED) is 0.310. The molecule has 1 N–H and O–H groups in total. The zero-order valence-corrected chi connectivity index (χ0v) is 21.9. The van der Waals surface area contributed by atoms with Gasteiger partial charge in [-0.1, -0.05) is 55.6 Å². The van der Waals surface area contributed by atoms with E-state index < -0.39 is 11.4 Å². The van der Waals surface area contributed by atoms with E-state index in [1.165, 1.54) is 32.1 Å². The van der Waals surface area contributed by atoms with Gasteiger partial charge in [0.25, 0.3) is 0 Å². The molecule has 0 spiro atoms. The summed E-state index contributed by atoms with van der Waals surface area (Å²) >= 11 is 0. The summed E-state index contributed by atoms with van der Waals surface area (Å²) in [6.07, 6.45) is 10.5. The first-order chi connectivity index (χ1) is 17.1. The lowest BCUT2D eigenvalue weighted by molar-refractivity contribution is -0.142. The number of pyridine rings is 1. The van der Waals surface area contributed by atoms with Crippen LogP contribution < -0.4 is 0 Å². The van der Waals surface area contributed by atoms with Crippen LogP contribution in [0, 0.1) is 19.3 Å². The van der Waals surface area contributed by atoms with E-state index >= 15 is 0 Å². The Bertz CT molecular complexity index is 1400. The molecule has 0 aliphatic heterocycles. The van der Waals surface area contributed by atoms with Gasteiger partial charge in [-0.05, 0) is 63.1 Å². The molecule has 6 nitrogen and oxygen atoms in total. The van der Waals surface area contributed by atoms with Crippen molar-refractivity contribution in [3.8, 4) is 22.3 Å². The Morgan fingerprint density at radius 2 is 1.81 bits per heavy atom. The lowest BCUT2D eigenvalue weighted by Crippen LogP contribution is -2.28. The Balaban J connectivity index is 1.63. The van der Waals surface area contributed by atoms with Gasteiger partial charge in [-0.25, -0.2) is 0 Å². The molecule has 3 aromatic heterocycles. The van der Waals surface area contributed by atoms with Crippen molar-refractivity contribution in [1.82, 2.24) is 14.7 Å². The fraction of sp³-hybridized carbons (Fsp3) is 0.433. The van der Waals surface area contributed by atoms with Crippen LogP contribution in [0.15, 0.2) is 47.2 Å². The molecule has 1 aliphatic rings. The molecule has 0 amide bonds. The minimum atomic E-state index is -0.941. The second-order valence-electron chi connectivity index (χ2n) is 11.3. The Morgan fingerprint density at radius 1 is 1.11 bits per heavy atom. The molecular formula is C30H35N3O3. The highest BCUT2D eigenvalue weighted by atomic mass is 16.5. The zero-order chi connectivity index (χ0) is 25.7. The number of hydrogen-bond donors (Lipinski definition) is 1.